The molecular weight excluding hydrogens is 246 g/mol. The lowest BCUT2D eigenvalue weighted by Gasteiger charge is -2.31. The Balaban J connectivity index is 2.01. The molecule has 0 saturated heterocycles. The highest BCUT2D eigenvalue weighted by Crippen LogP contribution is 2.26. The highest BCUT2D eigenvalue weighted by molar-refractivity contribution is 7.14. The molecule has 1 aromatic heterocycles. The van der Waals surface area contributed by atoms with Crippen molar-refractivity contribution in [2.75, 3.05) is 7.05 Å². The monoisotopic (exact) mass is 267 g/mol. The van der Waals surface area contributed by atoms with Gasteiger partial charge in [0, 0.05) is 17.5 Å². The second-order valence-electron chi connectivity index (χ2n) is 5.20. The van der Waals surface area contributed by atoms with Crippen molar-refractivity contribution < 1.29 is 9.90 Å². The zero-order valence-electron chi connectivity index (χ0n) is 11.1. The third-order valence-electron chi connectivity index (χ3n) is 3.85. The lowest BCUT2D eigenvalue weighted by Crippen LogP contribution is -2.32. The van der Waals surface area contributed by atoms with Crippen LogP contribution in [0.15, 0.2) is 6.07 Å². The van der Waals surface area contributed by atoms with Gasteiger partial charge >= 0.3 is 5.97 Å². The largest absolute Gasteiger partial charge is 0.477 e. The van der Waals surface area contributed by atoms with E-state index in [4.69, 9.17) is 5.11 Å². The standard InChI is InChI=1S/C14H21NO2S/c1-10-11(8-13(18-10)14(16)17)9-15(2)12-6-4-3-5-7-12/h8,12H,3-7,9H2,1-2H3,(H,16,17). The predicted molar refractivity (Wildman–Crippen MR) is 74.4 cm³/mol. The number of hydrogen-bond acceptors (Lipinski definition) is 3. The van der Waals surface area contributed by atoms with Gasteiger partial charge in [-0.1, -0.05) is 19.3 Å². The minimum atomic E-state index is -0.810. The number of thiophene rings is 1. The van der Waals surface area contributed by atoms with Crippen molar-refractivity contribution in [3.05, 3.63) is 21.4 Å². The van der Waals surface area contributed by atoms with Crippen LogP contribution in [0.1, 0.15) is 52.2 Å². The molecule has 2 rings (SSSR count). The zero-order valence-corrected chi connectivity index (χ0v) is 11.9. The normalized spacial score (nSPS) is 17.3. The fraction of sp³-hybridized carbons (Fsp3) is 0.643. The summed E-state index contributed by atoms with van der Waals surface area (Å²) in [5, 5.41) is 9.00. The first-order chi connectivity index (χ1) is 8.58. The smallest absolute Gasteiger partial charge is 0.345 e. The van der Waals surface area contributed by atoms with Crippen molar-refractivity contribution in [3.63, 3.8) is 0 Å². The fourth-order valence-electron chi connectivity index (χ4n) is 2.70. The highest BCUT2D eigenvalue weighted by atomic mass is 32.1. The molecule has 0 amide bonds. The Hall–Kier alpha value is -0.870. The first-order valence-corrected chi connectivity index (χ1v) is 7.42. The number of carbonyl (C=O) groups is 1. The number of aromatic carboxylic acids is 1. The predicted octanol–water partition coefficient (Wildman–Crippen LogP) is 3.52. The van der Waals surface area contributed by atoms with Gasteiger partial charge in [-0.05, 0) is 38.4 Å². The van der Waals surface area contributed by atoms with Gasteiger partial charge < -0.3 is 5.11 Å². The van der Waals surface area contributed by atoms with E-state index < -0.39 is 5.97 Å². The van der Waals surface area contributed by atoms with Crippen LogP contribution in [-0.2, 0) is 6.54 Å². The highest BCUT2D eigenvalue weighted by Gasteiger charge is 2.19. The van der Waals surface area contributed by atoms with Crippen molar-refractivity contribution in [1.29, 1.82) is 0 Å². The number of rotatable bonds is 4. The molecule has 0 aromatic carbocycles. The van der Waals surface area contributed by atoms with Crippen LogP contribution >= 0.6 is 11.3 Å². The Labute approximate surface area is 112 Å². The number of hydrogen-bond donors (Lipinski definition) is 1. The van der Waals surface area contributed by atoms with Crippen molar-refractivity contribution >= 4 is 17.3 Å². The summed E-state index contributed by atoms with van der Waals surface area (Å²) in [4.78, 5) is 14.9. The molecule has 0 spiro atoms. The van der Waals surface area contributed by atoms with Gasteiger partial charge in [0.1, 0.15) is 4.88 Å². The molecule has 100 valence electrons. The van der Waals surface area contributed by atoms with Gasteiger partial charge in [-0.2, -0.15) is 0 Å². The van der Waals surface area contributed by atoms with E-state index in [1.54, 1.807) is 0 Å². The Bertz CT molecular complexity index is 421. The molecule has 1 aliphatic carbocycles. The molecular formula is C14H21NO2S. The summed E-state index contributed by atoms with van der Waals surface area (Å²) in [7, 11) is 2.16. The van der Waals surface area contributed by atoms with E-state index in [2.05, 4.69) is 11.9 Å². The van der Waals surface area contributed by atoms with Crippen LogP contribution in [0, 0.1) is 6.92 Å². The average molecular weight is 267 g/mol. The first kappa shape index (κ1) is 13.6. The lowest BCUT2D eigenvalue weighted by molar-refractivity contribution is 0.0702. The molecule has 0 aliphatic heterocycles. The first-order valence-electron chi connectivity index (χ1n) is 6.61. The summed E-state index contributed by atoms with van der Waals surface area (Å²) >= 11 is 1.38. The van der Waals surface area contributed by atoms with Crippen molar-refractivity contribution in [2.24, 2.45) is 0 Å². The van der Waals surface area contributed by atoms with Gasteiger partial charge in [-0.25, -0.2) is 4.79 Å². The van der Waals surface area contributed by atoms with E-state index in [-0.39, 0.29) is 0 Å². The van der Waals surface area contributed by atoms with E-state index >= 15 is 0 Å². The topological polar surface area (TPSA) is 40.5 Å². The summed E-state index contributed by atoms with van der Waals surface area (Å²) in [6.45, 7) is 2.89. The molecule has 3 nitrogen and oxygen atoms in total. The summed E-state index contributed by atoms with van der Waals surface area (Å²) in [5.74, 6) is -0.810. The van der Waals surface area contributed by atoms with Crippen LogP contribution in [0.4, 0.5) is 0 Å². The molecule has 1 aromatic rings. The molecule has 1 N–H and O–H groups in total. The zero-order chi connectivity index (χ0) is 13.1. The quantitative estimate of drug-likeness (QED) is 0.907. The minimum absolute atomic E-state index is 0.458. The third-order valence-corrected chi connectivity index (χ3v) is 4.93. The Morgan fingerprint density at radius 1 is 1.44 bits per heavy atom. The molecule has 0 unspecified atom stereocenters. The third kappa shape index (κ3) is 3.12. The van der Waals surface area contributed by atoms with Crippen molar-refractivity contribution in [3.8, 4) is 0 Å². The van der Waals surface area contributed by atoms with Crippen LogP contribution in [-0.4, -0.2) is 29.1 Å². The average Bonchev–Trinajstić information content (AvgIpc) is 2.72. The number of nitrogens with zero attached hydrogens (tertiary/aromatic N) is 1. The summed E-state index contributed by atoms with van der Waals surface area (Å²) in [5.41, 5.74) is 1.17. The van der Waals surface area contributed by atoms with Gasteiger partial charge in [0.2, 0.25) is 0 Å². The van der Waals surface area contributed by atoms with E-state index in [1.165, 1.54) is 49.0 Å². The van der Waals surface area contributed by atoms with Gasteiger partial charge in [0.05, 0.1) is 0 Å². The SMILES string of the molecule is Cc1sc(C(=O)O)cc1CN(C)C1CCCCC1. The van der Waals surface area contributed by atoms with E-state index in [9.17, 15) is 4.79 Å². The number of carboxylic acids is 1. The van der Waals surface area contributed by atoms with Crippen molar-refractivity contribution in [1.82, 2.24) is 4.90 Å². The number of aryl methyl sites for hydroxylation is 1. The van der Waals surface area contributed by atoms with Crippen LogP contribution < -0.4 is 0 Å². The molecule has 1 saturated carbocycles. The Morgan fingerprint density at radius 2 is 2.11 bits per heavy atom. The van der Waals surface area contributed by atoms with Crippen LogP contribution in [0.5, 0.6) is 0 Å². The van der Waals surface area contributed by atoms with E-state index in [0.29, 0.717) is 10.9 Å². The summed E-state index contributed by atoms with van der Waals surface area (Å²) in [6, 6.07) is 2.51. The molecule has 0 atom stereocenters. The Morgan fingerprint density at radius 3 is 2.67 bits per heavy atom. The van der Waals surface area contributed by atoms with Gasteiger partial charge in [-0.3, -0.25) is 4.90 Å². The fourth-order valence-corrected chi connectivity index (χ4v) is 3.57. The second kappa shape index (κ2) is 5.85. The van der Waals surface area contributed by atoms with Crippen LogP contribution in [0.3, 0.4) is 0 Å². The van der Waals surface area contributed by atoms with Crippen molar-refractivity contribution in [2.45, 2.75) is 51.6 Å². The Kier molecular flexibility index (Phi) is 4.40. The van der Waals surface area contributed by atoms with Crippen LogP contribution in [0.2, 0.25) is 0 Å². The van der Waals surface area contributed by atoms with Crippen LogP contribution in [0.25, 0.3) is 0 Å². The number of carboxylic acid groups (broad SMARTS) is 1. The lowest BCUT2D eigenvalue weighted by atomic mass is 9.94. The molecule has 1 fully saturated rings. The molecule has 1 aliphatic rings. The molecule has 18 heavy (non-hydrogen) atoms. The van der Waals surface area contributed by atoms with Gasteiger partial charge in [0.25, 0.3) is 0 Å². The second-order valence-corrected chi connectivity index (χ2v) is 6.46. The summed E-state index contributed by atoms with van der Waals surface area (Å²) in [6.07, 6.45) is 6.60. The maximum atomic E-state index is 11.0. The van der Waals surface area contributed by atoms with Gasteiger partial charge in [-0.15, -0.1) is 11.3 Å². The van der Waals surface area contributed by atoms with E-state index in [0.717, 1.165) is 11.4 Å². The molecule has 0 radical (unpaired) electrons. The maximum absolute atomic E-state index is 11.0. The van der Waals surface area contributed by atoms with Gasteiger partial charge in [0.15, 0.2) is 0 Å². The minimum Gasteiger partial charge on any atom is -0.477 e. The summed E-state index contributed by atoms with van der Waals surface area (Å²) < 4.78 is 0. The molecule has 4 heteroatoms. The van der Waals surface area contributed by atoms with E-state index in [1.807, 2.05) is 13.0 Å². The molecule has 1 heterocycles. The maximum Gasteiger partial charge on any atom is 0.345 e. The molecule has 0 bridgehead atoms.